The van der Waals surface area contributed by atoms with Gasteiger partial charge in [-0.2, -0.15) is 0 Å². The number of carbonyl (C=O) groups is 1. The highest BCUT2D eigenvalue weighted by Crippen LogP contribution is 2.36. The Kier molecular flexibility index (Phi) is 3.84. The van der Waals surface area contributed by atoms with Gasteiger partial charge >= 0.3 is 0 Å². The van der Waals surface area contributed by atoms with E-state index in [0.29, 0.717) is 11.4 Å². The molecule has 0 saturated carbocycles. The quantitative estimate of drug-likeness (QED) is 0.705. The number of carbonyl (C=O) groups excluding carboxylic acids is 1. The Balaban J connectivity index is 1.76. The van der Waals surface area contributed by atoms with Crippen molar-refractivity contribution in [2.45, 2.75) is 5.92 Å². The van der Waals surface area contributed by atoms with Gasteiger partial charge in [-0.1, -0.05) is 6.07 Å². The van der Waals surface area contributed by atoms with Gasteiger partial charge in [0.05, 0.1) is 11.5 Å². The number of hydrogen-bond acceptors (Lipinski definition) is 5. The molecular weight excluding hydrogens is 340 g/mol. The number of aromatic hydroxyl groups is 1. The van der Waals surface area contributed by atoms with Gasteiger partial charge in [-0.15, -0.1) is 0 Å². The zero-order valence-electron chi connectivity index (χ0n) is 13.4. The van der Waals surface area contributed by atoms with Crippen LogP contribution in [0.1, 0.15) is 21.8 Å². The highest BCUT2D eigenvalue weighted by molar-refractivity contribution is 6.03. The van der Waals surface area contributed by atoms with Gasteiger partial charge in [-0.3, -0.25) is 9.78 Å². The van der Waals surface area contributed by atoms with Gasteiger partial charge in [-0.25, -0.2) is 13.8 Å². The second-order valence-electron chi connectivity index (χ2n) is 5.96. The number of pyridine rings is 2. The van der Waals surface area contributed by atoms with Crippen LogP contribution in [0.5, 0.6) is 5.75 Å². The number of ketones is 1. The summed E-state index contributed by atoms with van der Waals surface area (Å²) in [5, 5.41) is 12.5. The fraction of sp³-hybridized carbons (Fsp3) is 0.105. The number of nitrogens with zero attached hydrogens (tertiary/aromatic N) is 2. The zero-order valence-corrected chi connectivity index (χ0v) is 13.4. The number of rotatable bonds is 3. The van der Waals surface area contributed by atoms with Crippen molar-refractivity contribution in [3.8, 4) is 16.9 Å². The first-order chi connectivity index (χ1) is 12.6. The number of halogens is 2. The molecule has 3 aromatic rings. The normalized spacial score (nSPS) is 15.4. The van der Waals surface area contributed by atoms with E-state index in [1.165, 1.54) is 0 Å². The number of phenolic OH excluding ortho intramolecular Hbond substituents is 1. The third kappa shape index (κ3) is 2.57. The molecular formula is C19H13F2N3O2. The number of phenols is 1. The Labute approximate surface area is 147 Å². The lowest BCUT2D eigenvalue weighted by molar-refractivity contribution is 0.0957. The molecule has 26 heavy (non-hydrogen) atoms. The van der Waals surface area contributed by atoms with E-state index in [1.807, 2.05) is 6.07 Å². The van der Waals surface area contributed by atoms with Crippen LogP contribution < -0.4 is 5.32 Å². The first-order valence-electron chi connectivity index (χ1n) is 7.91. The number of hydrogen-bond donors (Lipinski definition) is 2. The smallest absolute Gasteiger partial charge is 0.178 e. The van der Waals surface area contributed by atoms with Crippen molar-refractivity contribution in [3.63, 3.8) is 0 Å². The first-order valence-corrected chi connectivity index (χ1v) is 7.91. The largest absolute Gasteiger partial charge is 0.505 e. The first kappa shape index (κ1) is 16.1. The molecule has 0 radical (unpaired) electrons. The molecule has 5 nitrogen and oxygen atoms in total. The van der Waals surface area contributed by atoms with Gasteiger partial charge in [-0.05, 0) is 24.3 Å². The highest BCUT2D eigenvalue weighted by Gasteiger charge is 2.34. The van der Waals surface area contributed by atoms with Gasteiger partial charge in [0.2, 0.25) is 0 Å². The van der Waals surface area contributed by atoms with Gasteiger partial charge in [0, 0.05) is 41.8 Å². The van der Waals surface area contributed by atoms with Crippen LogP contribution in [0.4, 0.5) is 14.6 Å². The Morgan fingerprint density at radius 3 is 2.81 bits per heavy atom. The van der Waals surface area contributed by atoms with E-state index in [4.69, 9.17) is 0 Å². The number of anilines is 1. The van der Waals surface area contributed by atoms with E-state index in [9.17, 15) is 18.7 Å². The second kappa shape index (κ2) is 6.18. The summed E-state index contributed by atoms with van der Waals surface area (Å²) >= 11 is 0. The van der Waals surface area contributed by atoms with Gasteiger partial charge in [0.25, 0.3) is 0 Å². The average molecular weight is 353 g/mol. The van der Waals surface area contributed by atoms with Gasteiger partial charge < -0.3 is 10.4 Å². The number of fused-ring (bicyclic) bond motifs is 1. The SMILES string of the molecule is O=C(c1c(F)ccc(O)c1F)C1CNc2ncc(-c3cccnc3)cc21. The summed E-state index contributed by atoms with van der Waals surface area (Å²) in [5.41, 5.74) is 1.38. The van der Waals surface area contributed by atoms with Crippen LogP contribution in [0.3, 0.4) is 0 Å². The monoisotopic (exact) mass is 353 g/mol. The molecule has 1 aliphatic heterocycles. The lowest BCUT2D eigenvalue weighted by Crippen LogP contribution is -2.18. The summed E-state index contributed by atoms with van der Waals surface area (Å²) < 4.78 is 28.2. The van der Waals surface area contributed by atoms with E-state index >= 15 is 0 Å². The standard InChI is InChI=1S/C19H13F2N3O2/c20-14-3-4-15(25)17(21)16(14)18(26)13-9-24-19-12(13)6-11(8-23-19)10-2-1-5-22-7-10/h1-8,13,25H,9H2,(H,23,24). The maximum Gasteiger partial charge on any atom is 0.178 e. The molecule has 0 bridgehead atoms. The van der Waals surface area contributed by atoms with Crippen molar-refractivity contribution >= 4 is 11.6 Å². The van der Waals surface area contributed by atoms with Crippen LogP contribution in [0.25, 0.3) is 11.1 Å². The number of benzene rings is 1. The zero-order chi connectivity index (χ0) is 18.3. The van der Waals surface area contributed by atoms with E-state index in [0.717, 1.165) is 23.3 Å². The predicted molar refractivity (Wildman–Crippen MR) is 91.1 cm³/mol. The minimum absolute atomic E-state index is 0.173. The van der Waals surface area contributed by atoms with Crippen LogP contribution in [0.15, 0.2) is 48.9 Å². The van der Waals surface area contributed by atoms with Crippen molar-refractivity contribution in [2.75, 3.05) is 11.9 Å². The van der Waals surface area contributed by atoms with Crippen molar-refractivity contribution in [2.24, 2.45) is 0 Å². The molecule has 4 rings (SSSR count). The molecule has 0 fully saturated rings. The topological polar surface area (TPSA) is 75.1 Å². The molecule has 1 unspecified atom stereocenters. The van der Waals surface area contributed by atoms with Crippen LogP contribution in [0, 0.1) is 11.6 Å². The highest BCUT2D eigenvalue weighted by atomic mass is 19.1. The molecule has 1 aliphatic rings. The van der Waals surface area contributed by atoms with Crippen LogP contribution >= 0.6 is 0 Å². The average Bonchev–Trinajstić information content (AvgIpc) is 3.09. The molecule has 2 N–H and O–H groups in total. The van der Waals surface area contributed by atoms with Crippen molar-refractivity contribution in [1.82, 2.24) is 9.97 Å². The molecule has 2 aromatic heterocycles. The molecule has 0 saturated heterocycles. The van der Waals surface area contributed by atoms with Crippen molar-refractivity contribution in [1.29, 1.82) is 0 Å². The number of Topliss-reactive ketones (excluding diaryl/α,β-unsaturated/α-hetero) is 1. The Bertz CT molecular complexity index is 1010. The van der Waals surface area contributed by atoms with Crippen LogP contribution in [-0.4, -0.2) is 27.4 Å². The maximum atomic E-state index is 14.1. The summed E-state index contributed by atoms with van der Waals surface area (Å²) in [6.45, 7) is 0.173. The number of aromatic nitrogens is 2. The van der Waals surface area contributed by atoms with E-state index in [1.54, 1.807) is 30.7 Å². The van der Waals surface area contributed by atoms with Crippen molar-refractivity contribution < 1.29 is 18.7 Å². The molecule has 0 amide bonds. The molecule has 0 spiro atoms. The minimum atomic E-state index is -1.25. The van der Waals surface area contributed by atoms with E-state index in [-0.39, 0.29) is 6.54 Å². The molecule has 130 valence electrons. The summed E-state index contributed by atoms with van der Waals surface area (Å²) in [6.07, 6.45) is 4.95. The molecule has 3 heterocycles. The third-order valence-electron chi connectivity index (χ3n) is 4.39. The summed E-state index contributed by atoms with van der Waals surface area (Å²) in [6, 6.07) is 7.15. The summed E-state index contributed by atoms with van der Waals surface area (Å²) in [4.78, 5) is 21.1. The van der Waals surface area contributed by atoms with Gasteiger partial charge in [0.1, 0.15) is 11.6 Å². The Morgan fingerprint density at radius 2 is 2.04 bits per heavy atom. The van der Waals surface area contributed by atoms with Gasteiger partial charge in [0.15, 0.2) is 17.3 Å². The number of nitrogens with one attached hydrogen (secondary N) is 1. The Morgan fingerprint density at radius 1 is 1.19 bits per heavy atom. The van der Waals surface area contributed by atoms with Crippen LogP contribution in [0.2, 0.25) is 0 Å². The fourth-order valence-corrected chi connectivity index (χ4v) is 3.07. The van der Waals surface area contributed by atoms with E-state index in [2.05, 4.69) is 15.3 Å². The van der Waals surface area contributed by atoms with Crippen LogP contribution in [-0.2, 0) is 0 Å². The predicted octanol–water partition coefficient (Wildman–Crippen LogP) is 3.52. The minimum Gasteiger partial charge on any atom is -0.505 e. The molecule has 1 atom stereocenters. The molecule has 7 heteroatoms. The lowest BCUT2D eigenvalue weighted by atomic mass is 9.91. The maximum absolute atomic E-state index is 14.1. The fourth-order valence-electron chi connectivity index (χ4n) is 3.07. The molecule has 1 aromatic carbocycles. The molecule has 0 aliphatic carbocycles. The third-order valence-corrected chi connectivity index (χ3v) is 4.39. The van der Waals surface area contributed by atoms with Crippen molar-refractivity contribution in [3.05, 3.63) is 71.7 Å². The Hall–Kier alpha value is -3.35. The summed E-state index contributed by atoms with van der Waals surface area (Å²) in [7, 11) is 0. The summed E-state index contributed by atoms with van der Waals surface area (Å²) in [5.74, 6) is -4.07. The lowest BCUT2D eigenvalue weighted by Gasteiger charge is -2.12. The second-order valence-corrected chi connectivity index (χ2v) is 5.96. The van der Waals surface area contributed by atoms with E-state index < -0.39 is 34.6 Å².